The number of thiazole rings is 1. The summed E-state index contributed by atoms with van der Waals surface area (Å²) in [6.07, 6.45) is 0. The lowest BCUT2D eigenvalue weighted by molar-refractivity contribution is -0.384. The van der Waals surface area contributed by atoms with Crippen LogP contribution in [0.2, 0.25) is 0 Å². The Bertz CT molecular complexity index is 1190. The quantitative estimate of drug-likeness (QED) is 0.373. The molecule has 0 fully saturated rings. The first kappa shape index (κ1) is 17.9. The highest BCUT2D eigenvalue weighted by atomic mass is 32.1. The molecule has 0 spiro atoms. The maximum atomic E-state index is 12.6. The van der Waals surface area contributed by atoms with Gasteiger partial charge >= 0.3 is 0 Å². The predicted octanol–water partition coefficient (Wildman–Crippen LogP) is 5.33. The number of aromatic nitrogens is 1. The Kier molecular flexibility index (Phi) is 4.40. The van der Waals surface area contributed by atoms with Gasteiger partial charge in [0.25, 0.3) is 11.6 Å². The number of rotatable bonds is 4. The molecule has 4 rings (SSSR count). The van der Waals surface area contributed by atoms with Gasteiger partial charge in [-0.1, -0.05) is 35.6 Å². The molecule has 2 aromatic heterocycles. The summed E-state index contributed by atoms with van der Waals surface area (Å²) in [5, 5.41) is 14.4. The molecule has 0 unspecified atom stereocenters. The zero-order valence-electron chi connectivity index (χ0n) is 15.1. The van der Waals surface area contributed by atoms with Crippen molar-refractivity contribution >= 4 is 38.3 Å². The van der Waals surface area contributed by atoms with Gasteiger partial charge in [-0.05, 0) is 43.2 Å². The highest BCUT2D eigenvalue weighted by Gasteiger charge is 2.20. The van der Waals surface area contributed by atoms with Gasteiger partial charge in [0, 0.05) is 6.07 Å². The van der Waals surface area contributed by atoms with Gasteiger partial charge in [-0.15, -0.1) is 0 Å². The number of carbonyl (C=O) groups excluding carboxylic acids is 1. The number of nitro benzene ring substituents is 1. The molecule has 0 aliphatic heterocycles. The van der Waals surface area contributed by atoms with Crippen molar-refractivity contribution in [3.8, 4) is 11.3 Å². The number of hydrogen-bond acceptors (Lipinski definition) is 6. The predicted molar refractivity (Wildman–Crippen MR) is 108 cm³/mol. The first-order chi connectivity index (χ1) is 13.4. The van der Waals surface area contributed by atoms with Crippen LogP contribution in [0.15, 0.2) is 52.9 Å². The summed E-state index contributed by atoms with van der Waals surface area (Å²) >= 11 is 1.40. The lowest BCUT2D eigenvalue weighted by Gasteiger charge is -2.00. The second-order valence-electron chi connectivity index (χ2n) is 6.29. The molecule has 4 aromatic rings. The Balaban J connectivity index is 1.62. The van der Waals surface area contributed by atoms with Gasteiger partial charge in [-0.3, -0.25) is 20.2 Å². The number of nitrogens with one attached hydrogen (secondary N) is 1. The molecular formula is C20H15N3O4S. The van der Waals surface area contributed by atoms with Gasteiger partial charge in [0.2, 0.25) is 0 Å². The number of amides is 1. The minimum absolute atomic E-state index is 0.0563. The fourth-order valence-corrected chi connectivity index (χ4v) is 3.92. The van der Waals surface area contributed by atoms with E-state index in [0.717, 1.165) is 21.3 Å². The van der Waals surface area contributed by atoms with Gasteiger partial charge in [0.15, 0.2) is 10.9 Å². The van der Waals surface area contributed by atoms with Gasteiger partial charge in [-0.2, -0.15) is 0 Å². The Morgan fingerprint density at radius 1 is 1.11 bits per heavy atom. The van der Waals surface area contributed by atoms with E-state index in [0.29, 0.717) is 10.7 Å². The monoisotopic (exact) mass is 393 g/mol. The summed E-state index contributed by atoms with van der Waals surface area (Å²) in [5.74, 6) is -0.145. The van der Waals surface area contributed by atoms with Crippen LogP contribution in [0.1, 0.15) is 21.7 Å². The third-order valence-electron chi connectivity index (χ3n) is 4.36. The zero-order valence-corrected chi connectivity index (χ0v) is 15.9. The molecule has 0 atom stereocenters. The summed E-state index contributed by atoms with van der Waals surface area (Å²) in [6.45, 7) is 3.97. The summed E-state index contributed by atoms with van der Waals surface area (Å²) in [6, 6.07) is 13.3. The van der Waals surface area contributed by atoms with Crippen LogP contribution in [0.25, 0.3) is 21.5 Å². The third-order valence-corrected chi connectivity index (χ3v) is 5.46. The summed E-state index contributed by atoms with van der Waals surface area (Å²) in [7, 11) is 0. The fraction of sp³-hybridized carbons (Fsp3) is 0.100. The fourth-order valence-electron chi connectivity index (χ4n) is 2.92. The van der Waals surface area contributed by atoms with Crippen molar-refractivity contribution in [2.45, 2.75) is 13.8 Å². The molecule has 28 heavy (non-hydrogen) atoms. The van der Waals surface area contributed by atoms with E-state index in [1.54, 1.807) is 24.3 Å². The van der Waals surface area contributed by atoms with E-state index in [-0.39, 0.29) is 17.2 Å². The van der Waals surface area contributed by atoms with E-state index in [1.807, 2.05) is 26.0 Å². The molecule has 0 aliphatic carbocycles. The summed E-state index contributed by atoms with van der Waals surface area (Å²) < 4.78 is 6.60. The molecule has 0 radical (unpaired) electrons. The number of furan rings is 1. The third kappa shape index (κ3) is 3.14. The molecule has 0 bridgehead atoms. The first-order valence-corrected chi connectivity index (χ1v) is 9.27. The number of hydrogen-bond donors (Lipinski definition) is 1. The van der Waals surface area contributed by atoms with Crippen LogP contribution < -0.4 is 5.32 Å². The van der Waals surface area contributed by atoms with Crippen LogP contribution >= 0.6 is 11.3 Å². The molecule has 0 saturated heterocycles. The Morgan fingerprint density at radius 2 is 1.86 bits per heavy atom. The number of benzene rings is 2. The lowest BCUT2D eigenvalue weighted by atomic mass is 10.1. The van der Waals surface area contributed by atoms with Crippen LogP contribution in [0.3, 0.4) is 0 Å². The van der Waals surface area contributed by atoms with Gasteiger partial charge in [0.05, 0.1) is 20.7 Å². The molecule has 0 aliphatic rings. The van der Waals surface area contributed by atoms with Crippen LogP contribution in [0.5, 0.6) is 0 Å². The smallest absolute Gasteiger partial charge is 0.293 e. The Labute approximate surface area is 163 Å². The molecule has 2 heterocycles. The Morgan fingerprint density at radius 3 is 2.61 bits per heavy atom. The molecule has 140 valence electrons. The number of nitro groups is 1. The second-order valence-corrected chi connectivity index (χ2v) is 7.29. The summed E-state index contributed by atoms with van der Waals surface area (Å²) in [5.41, 5.74) is 3.23. The van der Waals surface area contributed by atoms with Crippen molar-refractivity contribution in [1.82, 2.24) is 4.98 Å². The standard InChI is InChI=1S/C20H15N3O4S/c1-11-7-8-12(2)18-17(11)21-20(28-18)22-19(24)16-10-9-15(27-16)13-5-3-4-6-14(13)23(25)26/h3-10H,1-2H3,(H,21,22,24). The zero-order chi connectivity index (χ0) is 19.8. The normalized spacial score (nSPS) is 10.9. The van der Waals surface area contributed by atoms with E-state index < -0.39 is 10.8 Å². The van der Waals surface area contributed by atoms with Crippen molar-refractivity contribution in [3.63, 3.8) is 0 Å². The van der Waals surface area contributed by atoms with E-state index in [2.05, 4.69) is 10.3 Å². The number of carbonyl (C=O) groups is 1. The maximum absolute atomic E-state index is 12.6. The molecule has 1 N–H and O–H groups in total. The molecular weight excluding hydrogens is 378 g/mol. The number of nitrogens with zero attached hydrogens (tertiary/aromatic N) is 2. The van der Waals surface area contributed by atoms with Crippen LogP contribution in [0, 0.1) is 24.0 Å². The van der Waals surface area contributed by atoms with Gasteiger partial charge in [-0.25, -0.2) is 4.98 Å². The molecule has 0 saturated carbocycles. The van der Waals surface area contributed by atoms with Crippen molar-refractivity contribution in [2.75, 3.05) is 5.32 Å². The topological polar surface area (TPSA) is 98.3 Å². The largest absolute Gasteiger partial charge is 0.451 e. The number of anilines is 1. The Hall–Kier alpha value is -3.52. The molecule has 1 amide bonds. The average molecular weight is 393 g/mol. The van der Waals surface area contributed by atoms with Crippen molar-refractivity contribution in [3.05, 3.63) is 75.5 Å². The highest BCUT2D eigenvalue weighted by molar-refractivity contribution is 7.22. The minimum Gasteiger partial charge on any atom is -0.451 e. The molecule has 2 aromatic carbocycles. The van der Waals surface area contributed by atoms with Gasteiger partial charge in [0.1, 0.15) is 5.76 Å². The van der Waals surface area contributed by atoms with E-state index >= 15 is 0 Å². The van der Waals surface area contributed by atoms with Crippen molar-refractivity contribution in [2.24, 2.45) is 0 Å². The molecule has 8 heteroatoms. The van der Waals surface area contributed by atoms with Crippen LogP contribution in [0.4, 0.5) is 10.8 Å². The number of para-hydroxylation sites is 1. The summed E-state index contributed by atoms with van der Waals surface area (Å²) in [4.78, 5) is 27.8. The average Bonchev–Trinajstić information content (AvgIpc) is 3.33. The van der Waals surface area contributed by atoms with E-state index in [4.69, 9.17) is 4.42 Å². The maximum Gasteiger partial charge on any atom is 0.293 e. The number of fused-ring (bicyclic) bond motifs is 1. The number of aryl methyl sites for hydroxylation is 2. The van der Waals surface area contributed by atoms with Crippen LogP contribution in [-0.2, 0) is 0 Å². The van der Waals surface area contributed by atoms with Crippen molar-refractivity contribution in [1.29, 1.82) is 0 Å². The second kappa shape index (κ2) is 6.90. The first-order valence-electron chi connectivity index (χ1n) is 8.46. The van der Waals surface area contributed by atoms with Crippen molar-refractivity contribution < 1.29 is 14.1 Å². The van der Waals surface area contributed by atoms with Crippen LogP contribution in [-0.4, -0.2) is 15.8 Å². The SMILES string of the molecule is Cc1ccc(C)c2sc(NC(=O)c3ccc(-c4ccccc4[N+](=O)[O-])o3)nc12. The van der Waals surface area contributed by atoms with E-state index in [1.165, 1.54) is 23.5 Å². The van der Waals surface area contributed by atoms with Gasteiger partial charge < -0.3 is 4.42 Å². The van der Waals surface area contributed by atoms with E-state index in [9.17, 15) is 14.9 Å². The lowest BCUT2D eigenvalue weighted by Crippen LogP contribution is -2.10. The molecule has 7 nitrogen and oxygen atoms in total. The minimum atomic E-state index is -0.483. The highest BCUT2D eigenvalue weighted by Crippen LogP contribution is 2.33.